The van der Waals surface area contributed by atoms with E-state index >= 15 is 0 Å². The average molecular weight is 589 g/mol. The first-order valence-corrected chi connectivity index (χ1v) is 15.3. The van der Waals surface area contributed by atoms with Crippen molar-refractivity contribution < 1.29 is 19.1 Å². The third kappa shape index (κ3) is 6.17. The fourth-order valence-corrected chi connectivity index (χ4v) is 6.05. The fourth-order valence-electron chi connectivity index (χ4n) is 6.05. The molecule has 0 bridgehead atoms. The summed E-state index contributed by atoms with van der Waals surface area (Å²) in [5.74, 6) is -0.193. The molecular formula is C38H40N2O4. The van der Waals surface area contributed by atoms with E-state index in [4.69, 9.17) is 19.4 Å². The van der Waals surface area contributed by atoms with Crippen molar-refractivity contribution in [2.45, 2.75) is 68.2 Å². The minimum atomic E-state index is -0.511. The number of carbonyl (C=O) groups is 2. The maximum absolute atomic E-state index is 13.1. The van der Waals surface area contributed by atoms with E-state index in [1.54, 1.807) is 0 Å². The van der Waals surface area contributed by atoms with Gasteiger partial charge in [-0.3, -0.25) is 9.59 Å². The molecule has 6 nitrogen and oxygen atoms in total. The molecule has 0 unspecified atom stereocenters. The number of esters is 2. The van der Waals surface area contributed by atoms with Gasteiger partial charge in [-0.15, -0.1) is 0 Å². The van der Waals surface area contributed by atoms with Crippen molar-refractivity contribution in [1.82, 2.24) is 9.97 Å². The molecule has 6 rings (SSSR count). The highest BCUT2D eigenvalue weighted by Crippen LogP contribution is 2.31. The number of pyridine rings is 2. The number of carbonyl (C=O) groups excluding carboxylic acids is 2. The summed E-state index contributed by atoms with van der Waals surface area (Å²) >= 11 is 0. The molecule has 0 amide bonds. The van der Waals surface area contributed by atoms with E-state index in [-0.39, 0.29) is 34.5 Å². The predicted octanol–water partition coefficient (Wildman–Crippen LogP) is 5.03. The van der Waals surface area contributed by atoms with Gasteiger partial charge in [0, 0.05) is 43.2 Å². The molecule has 0 saturated heterocycles. The molecule has 2 aromatic rings. The van der Waals surface area contributed by atoms with Crippen LogP contribution in [0.3, 0.4) is 0 Å². The summed E-state index contributed by atoms with van der Waals surface area (Å²) < 4.78 is 11.7. The van der Waals surface area contributed by atoms with Crippen molar-refractivity contribution in [3.8, 4) is 0 Å². The number of hydrogen-bond donors (Lipinski definition) is 0. The number of fused-ring (bicyclic) bond motifs is 4. The van der Waals surface area contributed by atoms with Crippen LogP contribution in [0.15, 0.2) is 36.4 Å². The highest BCUT2D eigenvalue weighted by Gasteiger charge is 2.28. The Balaban J connectivity index is 1.19. The van der Waals surface area contributed by atoms with Crippen LogP contribution in [0.1, 0.15) is 90.7 Å². The lowest BCUT2D eigenvalue weighted by atomic mass is 9.85. The second-order valence-electron chi connectivity index (χ2n) is 14.8. The van der Waals surface area contributed by atoms with Crippen molar-refractivity contribution in [2.24, 2.45) is 21.7 Å². The molecule has 0 N–H and O–H groups in total. The van der Waals surface area contributed by atoms with Crippen LogP contribution in [-0.4, -0.2) is 21.9 Å². The Morgan fingerprint density at radius 3 is 1.34 bits per heavy atom. The molecule has 0 fully saturated rings. The van der Waals surface area contributed by atoms with Gasteiger partial charge in [-0.2, -0.15) is 0 Å². The summed E-state index contributed by atoms with van der Waals surface area (Å²) in [7, 11) is 0. The number of nitrogens with zero attached hydrogens (tertiary/aromatic N) is 2. The Morgan fingerprint density at radius 2 is 0.955 bits per heavy atom. The van der Waals surface area contributed by atoms with Gasteiger partial charge in [0.25, 0.3) is 0 Å². The molecule has 4 aliphatic rings. The van der Waals surface area contributed by atoms with E-state index in [0.29, 0.717) is 22.9 Å². The third-order valence-electron chi connectivity index (χ3n) is 8.14. The molecule has 2 aromatic heterocycles. The lowest BCUT2D eigenvalue weighted by molar-refractivity contribution is -0.143. The Morgan fingerprint density at radius 1 is 0.568 bits per heavy atom. The topological polar surface area (TPSA) is 78.4 Å². The SMILES string of the molecule is CC1(C)C=C(OC(=O)CCC(=O)OC2=CC(C)(C)C=c3cc4c(nc32)=CC(C)(C)C=C4)c2nc3c(cc2=C1)C=CC(C)(C)C=3. The van der Waals surface area contributed by atoms with Crippen molar-refractivity contribution >= 4 is 59.9 Å². The molecular weight excluding hydrogens is 548 g/mol. The first-order chi connectivity index (χ1) is 20.5. The fraction of sp³-hybridized carbons (Fsp3) is 0.368. The highest BCUT2D eigenvalue weighted by atomic mass is 16.5. The summed E-state index contributed by atoms with van der Waals surface area (Å²) in [6.07, 6.45) is 20.6. The van der Waals surface area contributed by atoms with Gasteiger partial charge in [0.2, 0.25) is 0 Å². The molecule has 0 aliphatic heterocycles. The Kier molecular flexibility index (Phi) is 6.84. The van der Waals surface area contributed by atoms with Crippen LogP contribution in [0.2, 0.25) is 0 Å². The second-order valence-corrected chi connectivity index (χ2v) is 14.8. The number of rotatable bonds is 5. The molecule has 6 heteroatoms. The summed E-state index contributed by atoms with van der Waals surface area (Å²) in [5, 5.41) is 3.57. The zero-order chi connectivity index (χ0) is 31.7. The van der Waals surface area contributed by atoms with E-state index < -0.39 is 11.9 Å². The van der Waals surface area contributed by atoms with E-state index in [1.165, 1.54) is 0 Å². The summed E-state index contributed by atoms with van der Waals surface area (Å²) in [4.78, 5) is 35.9. The predicted molar refractivity (Wildman–Crippen MR) is 175 cm³/mol. The normalized spacial score (nSPS) is 20.4. The van der Waals surface area contributed by atoms with Crippen LogP contribution >= 0.6 is 0 Å². The minimum Gasteiger partial charge on any atom is -0.424 e. The molecule has 226 valence electrons. The first kappa shape index (κ1) is 29.7. The van der Waals surface area contributed by atoms with Crippen LogP contribution in [0, 0.1) is 21.7 Å². The van der Waals surface area contributed by atoms with Gasteiger partial charge in [-0.1, -0.05) is 91.8 Å². The zero-order valence-corrected chi connectivity index (χ0v) is 26.9. The van der Waals surface area contributed by atoms with Gasteiger partial charge >= 0.3 is 11.9 Å². The number of aromatic nitrogens is 2. The largest absolute Gasteiger partial charge is 0.424 e. The van der Waals surface area contributed by atoms with Crippen LogP contribution < -0.4 is 21.1 Å². The molecule has 0 radical (unpaired) electrons. The van der Waals surface area contributed by atoms with Gasteiger partial charge in [0.05, 0.1) is 23.5 Å². The van der Waals surface area contributed by atoms with E-state index in [0.717, 1.165) is 32.3 Å². The smallest absolute Gasteiger partial charge is 0.311 e. The molecule has 0 aromatic carbocycles. The first-order valence-electron chi connectivity index (χ1n) is 15.3. The Hall–Kier alpha value is -4.32. The van der Waals surface area contributed by atoms with Crippen LogP contribution in [-0.2, 0) is 19.1 Å². The van der Waals surface area contributed by atoms with E-state index in [9.17, 15) is 9.59 Å². The molecule has 0 spiro atoms. The maximum Gasteiger partial charge on any atom is 0.311 e. The highest BCUT2D eigenvalue weighted by molar-refractivity contribution is 5.85. The van der Waals surface area contributed by atoms with Gasteiger partial charge < -0.3 is 9.47 Å². The van der Waals surface area contributed by atoms with E-state index in [2.05, 4.69) is 116 Å². The Labute approximate surface area is 258 Å². The summed E-state index contributed by atoms with van der Waals surface area (Å²) in [5.41, 5.74) is 2.44. The molecule has 0 saturated carbocycles. The van der Waals surface area contributed by atoms with E-state index in [1.807, 2.05) is 12.2 Å². The van der Waals surface area contributed by atoms with Crippen LogP contribution in [0.5, 0.6) is 0 Å². The van der Waals surface area contributed by atoms with Crippen molar-refractivity contribution in [3.63, 3.8) is 0 Å². The Bertz CT molecular complexity index is 1850. The molecule has 44 heavy (non-hydrogen) atoms. The summed E-state index contributed by atoms with van der Waals surface area (Å²) in [6, 6.07) is 4.18. The van der Waals surface area contributed by atoms with Gasteiger partial charge in [-0.25, -0.2) is 9.97 Å². The van der Waals surface area contributed by atoms with Crippen LogP contribution in [0.4, 0.5) is 0 Å². The minimum absolute atomic E-state index is 0.116. The standard InChI is InChI=1S/C38H40N2O4/c1-35(2)13-11-23-15-25-17-37(5,6)21-29(33(25)39-27(23)19-35)43-31(41)9-10-32(42)44-30-22-38(7,8)18-26-16-24-12-14-36(3,4)20-28(24)40-34(26)30/h11-22H,9-10H2,1-8H3. The van der Waals surface area contributed by atoms with Crippen molar-refractivity contribution in [2.75, 3.05) is 0 Å². The quantitative estimate of drug-likeness (QED) is 0.456. The zero-order valence-electron chi connectivity index (χ0n) is 26.9. The summed E-state index contributed by atoms with van der Waals surface area (Å²) in [6.45, 7) is 16.7. The van der Waals surface area contributed by atoms with Gasteiger partial charge in [0.15, 0.2) is 11.5 Å². The van der Waals surface area contributed by atoms with Gasteiger partial charge in [-0.05, 0) is 36.4 Å². The maximum atomic E-state index is 13.1. The lowest BCUT2D eigenvalue weighted by Gasteiger charge is -2.25. The number of hydrogen-bond acceptors (Lipinski definition) is 6. The molecule has 0 atom stereocenters. The average Bonchev–Trinajstić information content (AvgIpc) is 2.88. The lowest BCUT2D eigenvalue weighted by Crippen LogP contribution is -2.31. The third-order valence-corrected chi connectivity index (χ3v) is 8.14. The van der Waals surface area contributed by atoms with Crippen molar-refractivity contribution in [3.05, 3.63) is 80.1 Å². The number of ether oxygens (including phenoxy) is 2. The number of allylic oxidation sites excluding steroid dienone is 4. The van der Waals surface area contributed by atoms with Gasteiger partial charge in [0.1, 0.15) is 11.4 Å². The monoisotopic (exact) mass is 588 g/mol. The van der Waals surface area contributed by atoms with Crippen molar-refractivity contribution in [1.29, 1.82) is 0 Å². The molecule has 2 heterocycles. The second kappa shape index (κ2) is 10.1. The molecule has 4 aliphatic carbocycles. The van der Waals surface area contributed by atoms with Crippen LogP contribution in [0.25, 0.3) is 48.0 Å².